The summed E-state index contributed by atoms with van der Waals surface area (Å²) in [5, 5.41) is 0. The lowest BCUT2D eigenvalue weighted by atomic mass is 10.1. The van der Waals surface area contributed by atoms with Crippen molar-refractivity contribution in [2.75, 3.05) is 6.54 Å². The number of amides is 2. The molecule has 0 N–H and O–H groups in total. The van der Waals surface area contributed by atoms with Crippen LogP contribution in [0.25, 0.3) is 0 Å². The van der Waals surface area contributed by atoms with Crippen LogP contribution in [0.1, 0.15) is 55.5 Å². The van der Waals surface area contributed by atoms with E-state index in [4.69, 9.17) is 4.74 Å². The van der Waals surface area contributed by atoms with Crippen molar-refractivity contribution in [1.29, 1.82) is 0 Å². The van der Waals surface area contributed by atoms with E-state index in [1.54, 1.807) is 12.1 Å². The molecule has 1 heterocycles. The molecule has 0 fully saturated rings. The number of hydrogen-bond donors (Lipinski definition) is 0. The van der Waals surface area contributed by atoms with Crippen LogP contribution in [0.15, 0.2) is 36.4 Å². The Kier molecular flexibility index (Phi) is 4.40. The number of carbonyl (C=O) groups is 3. The van der Waals surface area contributed by atoms with E-state index in [9.17, 15) is 14.4 Å². The molecule has 0 saturated heterocycles. The van der Waals surface area contributed by atoms with Crippen LogP contribution in [0.5, 0.6) is 5.75 Å². The maximum Gasteiger partial charge on any atom is 0.343 e. The fourth-order valence-corrected chi connectivity index (χ4v) is 2.79. The van der Waals surface area contributed by atoms with Crippen molar-refractivity contribution >= 4 is 17.8 Å². The number of benzene rings is 2. The Balaban J connectivity index is 1.85. The topological polar surface area (TPSA) is 63.7 Å². The van der Waals surface area contributed by atoms with Crippen molar-refractivity contribution in [3.8, 4) is 5.75 Å². The van der Waals surface area contributed by atoms with Crippen LogP contribution in [-0.4, -0.2) is 29.2 Å². The fraction of sp³-hybridized carbons (Fsp3) is 0.250. The zero-order valence-electron chi connectivity index (χ0n) is 14.5. The molecule has 0 aliphatic carbocycles. The second kappa shape index (κ2) is 6.51. The molecular formula is C20H19NO4. The number of nitrogens with zero attached hydrogens (tertiary/aromatic N) is 1. The summed E-state index contributed by atoms with van der Waals surface area (Å²) in [5.41, 5.74) is 2.97. The highest BCUT2D eigenvalue weighted by Crippen LogP contribution is 2.25. The molecule has 2 aromatic rings. The van der Waals surface area contributed by atoms with Gasteiger partial charge in [0, 0.05) is 6.54 Å². The summed E-state index contributed by atoms with van der Waals surface area (Å²) in [6.45, 7) is 6.19. The van der Waals surface area contributed by atoms with Gasteiger partial charge >= 0.3 is 5.97 Å². The molecule has 1 aliphatic heterocycles. The monoisotopic (exact) mass is 337 g/mol. The Morgan fingerprint density at radius 1 is 0.960 bits per heavy atom. The zero-order chi connectivity index (χ0) is 18.1. The third kappa shape index (κ3) is 3.05. The number of hydrogen-bond acceptors (Lipinski definition) is 4. The highest BCUT2D eigenvalue weighted by Gasteiger charge is 2.35. The molecule has 0 aromatic heterocycles. The summed E-state index contributed by atoms with van der Waals surface area (Å²) >= 11 is 0. The molecule has 5 heteroatoms. The van der Waals surface area contributed by atoms with E-state index in [1.165, 1.54) is 23.1 Å². The first-order chi connectivity index (χ1) is 11.9. The lowest BCUT2D eigenvalue weighted by Crippen LogP contribution is -2.30. The normalized spacial score (nSPS) is 13.2. The van der Waals surface area contributed by atoms with E-state index < -0.39 is 5.97 Å². The van der Waals surface area contributed by atoms with Gasteiger partial charge in [-0.15, -0.1) is 0 Å². The number of imide groups is 1. The highest BCUT2D eigenvalue weighted by atomic mass is 16.5. The first-order valence-electron chi connectivity index (χ1n) is 8.22. The van der Waals surface area contributed by atoms with Gasteiger partial charge in [0.15, 0.2) is 0 Å². The lowest BCUT2D eigenvalue weighted by Gasteiger charge is -2.11. The number of aryl methyl sites for hydroxylation is 2. The van der Waals surface area contributed by atoms with Gasteiger partial charge in [0.1, 0.15) is 5.75 Å². The van der Waals surface area contributed by atoms with Gasteiger partial charge in [-0.2, -0.15) is 0 Å². The standard InChI is InChI=1S/C20H19NO4/c1-4-9-21-18(22)16-8-6-14(11-17(16)19(21)23)20(24)25-15-7-5-12(2)13(3)10-15/h5-8,10-11H,4,9H2,1-3H3. The van der Waals surface area contributed by atoms with E-state index in [-0.39, 0.29) is 22.9 Å². The Labute approximate surface area is 146 Å². The molecule has 0 spiro atoms. The second-order valence-corrected chi connectivity index (χ2v) is 6.16. The molecule has 128 valence electrons. The summed E-state index contributed by atoms with van der Waals surface area (Å²) in [7, 11) is 0. The molecule has 25 heavy (non-hydrogen) atoms. The number of fused-ring (bicyclic) bond motifs is 1. The molecule has 0 unspecified atom stereocenters. The van der Waals surface area contributed by atoms with Gasteiger partial charge in [-0.05, 0) is 61.7 Å². The molecule has 5 nitrogen and oxygen atoms in total. The minimum Gasteiger partial charge on any atom is -0.423 e. The van der Waals surface area contributed by atoms with Gasteiger partial charge in [0.05, 0.1) is 16.7 Å². The van der Waals surface area contributed by atoms with Crippen molar-refractivity contribution in [3.05, 3.63) is 64.2 Å². The van der Waals surface area contributed by atoms with Crippen LogP contribution in [-0.2, 0) is 0 Å². The quantitative estimate of drug-likeness (QED) is 0.486. The smallest absolute Gasteiger partial charge is 0.343 e. The minimum atomic E-state index is -0.555. The van der Waals surface area contributed by atoms with Crippen LogP contribution in [0.4, 0.5) is 0 Å². The van der Waals surface area contributed by atoms with Crippen molar-refractivity contribution in [2.24, 2.45) is 0 Å². The van der Waals surface area contributed by atoms with Gasteiger partial charge in [0.2, 0.25) is 0 Å². The molecule has 0 saturated carbocycles. The molecule has 2 aromatic carbocycles. The van der Waals surface area contributed by atoms with E-state index in [0.29, 0.717) is 24.3 Å². The van der Waals surface area contributed by atoms with Crippen LogP contribution >= 0.6 is 0 Å². The van der Waals surface area contributed by atoms with Crippen molar-refractivity contribution < 1.29 is 19.1 Å². The van der Waals surface area contributed by atoms with E-state index in [2.05, 4.69) is 0 Å². The summed E-state index contributed by atoms with van der Waals surface area (Å²) in [6.07, 6.45) is 0.688. The summed E-state index contributed by atoms with van der Waals surface area (Å²) in [5.74, 6) is -0.775. The number of rotatable bonds is 4. The zero-order valence-corrected chi connectivity index (χ0v) is 14.5. The highest BCUT2D eigenvalue weighted by molar-refractivity contribution is 6.22. The van der Waals surface area contributed by atoms with Crippen LogP contribution in [0.3, 0.4) is 0 Å². The van der Waals surface area contributed by atoms with Crippen LogP contribution in [0, 0.1) is 13.8 Å². The van der Waals surface area contributed by atoms with Gasteiger partial charge in [-0.25, -0.2) is 4.79 Å². The molecule has 0 atom stereocenters. The minimum absolute atomic E-state index is 0.247. The Morgan fingerprint density at radius 2 is 1.68 bits per heavy atom. The lowest BCUT2D eigenvalue weighted by molar-refractivity contribution is 0.0653. The van der Waals surface area contributed by atoms with Gasteiger partial charge in [0.25, 0.3) is 11.8 Å². The third-order valence-corrected chi connectivity index (χ3v) is 4.34. The van der Waals surface area contributed by atoms with Gasteiger partial charge < -0.3 is 4.74 Å². The summed E-state index contributed by atoms with van der Waals surface area (Å²) < 4.78 is 5.38. The molecule has 2 amide bonds. The first kappa shape index (κ1) is 16.9. The number of carbonyl (C=O) groups excluding carboxylic acids is 3. The van der Waals surface area contributed by atoms with Crippen molar-refractivity contribution in [2.45, 2.75) is 27.2 Å². The molecule has 0 radical (unpaired) electrons. The second-order valence-electron chi connectivity index (χ2n) is 6.16. The van der Waals surface area contributed by atoms with Crippen LogP contribution in [0.2, 0.25) is 0 Å². The first-order valence-corrected chi connectivity index (χ1v) is 8.22. The van der Waals surface area contributed by atoms with Crippen LogP contribution < -0.4 is 4.74 Å². The number of ether oxygens (including phenoxy) is 1. The molecular weight excluding hydrogens is 318 g/mol. The predicted octanol–water partition coefficient (Wildman–Crippen LogP) is 3.53. The Morgan fingerprint density at radius 3 is 2.36 bits per heavy atom. The van der Waals surface area contributed by atoms with Gasteiger partial charge in [-0.1, -0.05) is 13.0 Å². The average Bonchev–Trinajstić information content (AvgIpc) is 2.83. The maximum absolute atomic E-state index is 12.4. The summed E-state index contributed by atoms with van der Waals surface area (Å²) in [6, 6.07) is 9.87. The largest absolute Gasteiger partial charge is 0.423 e. The predicted molar refractivity (Wildman–Crippen MR) is 93.0 cm³/mol. The van der Waals surface area contributed by atoms with E-state index in [0.717, 1.165) is 11.1 Å². The summed E-state index contributed by atoms with van der Waals surface area (Å²) in [4.78, 5) is 38.2. The molecule has 1 aliphatic rings. The van der Waals surface area contributed by atoms with Crippen molar-refractivity contribution in [1.82, 2.24) is 4.90 Å². The molecule has 0 bridgehead atoms. The fourth-order valence-electron chi connectivity index (χ4n) is 2.79. The SMILES string of the molecule is CCCN1C(=O)c2ccc(C(=O)Oc3ccc(C)c(C)c3)cc2C1=O. The van der Waals surface area contributed by atoms with Gasteiger partial charge in [-0.3, -0.25) is 14.5 Å². The van der Waals surface area contributed by atoms with E-state index in [1.807, 2.05) is 26.8 Å². The number of esters is 1. The Hall–Kier alpha value is -2.95. The average molecular weight is 337 g/mol. The van der Waals surface area contributed by atoms with E-state index >= 15 is 0 Å². The Bertz CT molecular complexity index is 885. The van der Waals surface area contributed by atoms with Crippen molar-refractivity contribution in [3.63, 3.8) is 0 Å². The maximum atomic E-state index is 12.4. The third-order valence-electron chi connectivity index (χ3n) is 4.34. The molecule has 3 rings (SSSR count).